The largest absolute Gasteiger partial charge is 0.495 e. The number of sulfonamides is 1. The minimum Gasteiger partial charge on any atom is -0.495 e. The van der Waals surface area contributed by atoms with Crippen LogP contribution in [0.25, 0.3) is 0 Å². The number of benzene rings is 2. The van der Waals surface area contributed by atoms with Crippen LogP contribution in [-0.2, 0) is 10.0 Å². The molecule has 5 nitrogen and oxygen atoms in total. The molecule has 0 aliphatic heterocycles. The van der Waals surface area contributed by atoms with Crippen LogP contribution in [0.1, 0.15) is 12.5 Å². The zero-order chi connectivity index (χ0) is 16.2. The smallest absolute Gasteiger partial charge is 0.265 e. The average Bonchev–Trinajstić information content (AvgIpc) is 2.49. The highest BCUT2D eigenvalue weighted by Crippen LogP contribution is 2.27. The second kappa shape index (κ2) is 6.70. The quantitative estimate of drug-likeness (QED) is 0.887. The number of anilines is 1. The normalized spacial score (nSPS) is 11.0. The van der Waals surface area contributed by atoms with E-state index >= 15 is 0 Å². The molecule has 1 N–H and O–H groups in total. The Hall–Kier alpha value is -2.21. The van der Waals surface area contributed by atoms with E-state index in [1.165, 1.54) is 7.11 Å². The summed E-state index contributed by atoms with van der Waals surface area (Å²) >= 11 is 0. The number of hydrogen-bond acceptors (Lipinski definition) is 4. The summed E-state index contributed by atoms with van der Waals surface area (Å²) in [5.41, 5.74) is 1.31. The van der Waals surface area contributed by atoms with Crippen molar-refractivity contribution in [2.75, 3.05) is 18.4 Å². The standard InChI is InChI=1S/C16H19NO4S/c1-4-21-14-8-6-13(7-9-14)17-22(18,19)16-11-12(2)5-10-15(16)20-3/h5-11,17H,4H2,1-3H3. The van der Waals surface area contributed by atoms with Gasteiger partial charge in [0.1, 0.15) is 16.4 Å². The van der Waals surface area contributed by atoms with Gasteiger partial charge < -0.3 is 9.47 Å². The molecule has 6 heteroatoms. The van der Waals surface area contributed by atoms with E-state index < -0.39 is 10.0 Å². The van der Waals surface area contributed by atoms with E-state index in [0.29, 0.717) is 23.8 Å². The fourth-order valence-corrected chi connectivity index (χ4v) is 3.30. The first-order chi connectivity index (χ1) is 10.5. The number of rotatable bonds is 6. The molecule has 0 aliphatic rings. The van der Waals surface area contributed by atoms with Crippen LogP contribution in [0.2, 0.25) is 0 Å². The van der Waals surface area contributed by atoms with Crippen molar-refractivity contribution in [2.24, 2.45) is 0 Å². The molecule has 0 radical (unpaired) electrons. The molecule has 118 valence electrons. The SMILES string of the molecule is CCOc1ccc(NS(=O)(=O)c2cc(C)ccc2OC)cc1. The molecule has 0 aliphatic carbocycles. The molecule has 2 aromatic rings. The lowest BCUT2D eigenvalue weighted by molar-refractivity contribution is 0.340. The second-order valence-electron chi connectivity index (χ2n) is 4.72. The number of ether oxygens (including phenoxy) is 2. The number of hydrogen-bond donors (Lipinski definition) is 1. The van der Waals surface area contributed by atoms with Gasteiger partial charge in [0.15, 0.2) is 0 Å². The molecule has 0 bridgehead atoms. The fourth-order valence-electron chi connectivity index (χ4n) is 1.99. The molecule has 0 spiro atoms. The van der Waals surface area contributed by atoms with Gasteiger partial charge in [-0.15, -0.1) is 0 Å². The summed E-state index contributed by atoms with van der Waals surface area (Å²) in [6.45, 7) is 4.28. The molecule has 0 fully saturated rings. The molecule has 22 heavy (non-hydrogen) atoms. The molecular weight excluding hydrogens is 302 g/mol. The Morgan fingerprint density at radius 2 is 1.77 bits per heavy atom. The first-order valence-corrected chi connectivity index (χ1v) is 8.35. The van der Waals surface area contributed by atoms with Crippen molar-refractivity contribution < 1.29 is 17.9 Å². The topological polar surface area (TPSA) is 64.6 Å². The maximum atomic E-state index is 12.5. The van der Waals surface area contributed by atoms with Gasteiger partial charge in [0.05, 0.1) is 13.7 Å². The fraction of sp³-hybridized carbons (Fsp3) is 0.250. The van der Waals surface area contributed by atoms with Crippen molar-refractivity contribution in [3.8, 4) is 11.5 Å². The summed E-state index contributed by atoms with van der Waals surface area (Å²) in [6, 6.07) is 11.8. The van der Waals surface area contributed by atoms with Crippen LogP contribution in [0.3, 0.4) is 0 Å². The second-order valence-corrected chi connectivity index (χ2v) is 6.37. The van der Waals surface area contributed by atoms with E-state index in [4.69, 9.17) is 9.47 Å². The van der Waals surface area contributed by atoms with Gasteiger partial charge in [0, 0.05) is 5.69 Å². The number of methoxy groups -OCH3 is 1. The van der Waals surface area contributed by atoms with Crippen LogP contribution < -0.4 is 14.2 Å². The van der Waals surface area contributed by atoms with Gasteiger partial charge in [-0.2, -0.15) is 0 Å². The minimum absolute atomic E-state index is 0.115. The van der Waals surface area contributed by atoms with Gasteiger partial charge in [0.25, 0.3) is 10.0 Å². The van der Waals surface area contributed by atoms with Crippen molar-refractivity contribution in [1.82, 2.24) is 0 Å². The van der Waals surface area contributed by atoms with Gasteiger partial charge in [0.2, 0.25) is 0 Å². The van der Waals surface area contributed by atoms with Crippen LogP contribution in [-0.4, -0.2) is 22.1 Å². The third-order valence-electron chi connectivity index (χ3n) is 3.03. The maximum Gasteiger partial charge on any atom is 0.265 e. The van der Waals surface area contributed by atoms with Crippen LogP contribution >= 0.6 is 0 Å². The Morgan fingerprint density at radius 1 is 1.09 bits per heavy atom. The summed E-state index contributed by atoms with van der Waals surface area (Å²) < 4.78 is 38.1. The maximum absolute atomic E-state index is 12.5. The van der Waals surface area contributed by atoms with Crippen molar-refractivity contribution in [2.45, 2.75) is 18.7 Å². The zero-order valence-corrected chi connectivity index (χ0v) is 13.6. The minimum atomic E-state index is -3.72. The lowest BCUT2D eigenvalue weighted by Gasteiger charge is -2.12. The van der Waals surface area contributed by atoms with Crippen LogP contribution in [0.15, 0.2) is 47.4 Å². The van der Waals surface area contributed by atoms with Crippen molar-refractivity contribution in [3.63, 3.8) is 0 Å². The summed E-state index contributed by atoms with van der Waals surface area (Å²) in [7, 11) is -2.27. The molecule has 0 saturated heterocycles. The summed E-state index contributed by atoms with van der Waals surface area (Å²) in [4.78, 5) is 0.115. The van der Waals surface area contributed by atoms with E-state index in [9.17, 15) is 8.42 Å². The molecule has 0 heterocycles. The first-order valence-electron chi connectivity index (χ1n) is 6.86. The third kappa shape index (κ3) is 3.71. The summed E-state index contributed by atoms with van der Waals surface area (Å²) in [5, 5.41) is 0. The van der Waals surface area contributed by atoms with E-state index in [-0.39, 0.29) is 4.90 Å². The average molecular weight is 321 g/mol. The third-order valence-corrected chi connectivity index (χ3v) is 4.43. The Bertz CT molecular complexity index is 739. The van der Waals surface area contributed by atoms with Gasteiger partial charge >= 0.3 is 0 Å². The molecule has 2 rings (SSSR count). The lowest BCUT2D eigenvalue weighted by atomic mass is 10.2. The highest BCUT2D eigenvalue weighted by atomic mass is 32.2. The van der Waals surface area contributed by atoms with Crippen molar-refractivity contribution in [3.05, 3.63) is 48.0 Å². The van der Waals surface area contributed by atoms with E-state index in [0.717, 1.165) is 5.56 Å². The van der Waals surface area contributed by atoms with Crippen LogP contribution in [0.5, 0.6) is 11.5 Å². The van der Waals surface area contributed by atoms with E-state index in [2.05, 4.69) is 4.72 Å². The molecule has 0 aromatic heterocycles. The molecule has 0 saturated carbocycles. The molecule has 0 atom stereocenters. The van der Waals surface area contributed by atoms with Crippen LogP contribution in [0.4, 0.5) is 5.69 Å². The van der Waals surface area contributed by atoms with Gasteiger partial charge in [-0.3, -0.25) is 4.72 Å². The molecule has 2 aromatic carbocycles. The summed E-state index contributed by atoms with van der Waals surface area (Å²) in [6.07, 6.45) is 0. The number of nitrogens with one attached hydrogen (secondary N) is 1. The molecular formula is C16H19NO4S. The van der Waals surface area contributed by atoms with Crippen molar-refractivity contribution >= 4 is 15.7 Å². The highest BCUT2D eigenvalue weighted by Gasteiger charge is 2.19. The first kappa shape index (κ1) is 16.2. The highest BCUT2D eigenvalue weighted by molar-refractivity contribution is 7.92. The monoisotopic (exact) mass is 321 g/mol. The Labute approximate surface area is 130 Å². The molecule has 0 unspecified atom stereocenters. The number of aryl methyl sites for hydroxylation is 1. The predicted octanol–water partition coefficient (Wildman–Crippen LogP) is 3.20. The van der Waals surface area contributed by atoms with E-state index in [1.54, 1.807) is 42.5 Å². The Balaban J connectivity index is 2.29. The summed E-state index contributed by atoms with van der Waals surface area (Å²) in [5.74, 6) is 1.00. The van der Waals surface area contributed by atoms with Crippen LogP contribution in [0, 0.1) is 6.92 Å². The van der Waals surface area contributed by atoms with Gasteiger partial charge in [-0.1, -0.05) is 6.07 Å². The van der Waals surface area contributed by atoms with Gasteiger partial charge in [-0.25, -0.2) is 8.42 Å². The van der Waals surface area contributed by atoms with E-state index in [1.807, 2.05) is 13.8 Å². The predicted molar refractivity (Wildman–Crippen MR) is 86.2 cm³/mol. The van der Waals surface area contributed by atoms with Gasteiger partial charge in [-0.05, 0) is 55.8 Å². The Kier molecular flexibility index (Phi) is 4.92. The Morgan fingerprint density at radius 3 is 2.36 bits per heavy atom. The molecule has 0 amide bonds. The zero-order valence-electron chi connectivity index (χ0n) is 12.8. The lowest BCUT2D eigenvalue weighted by Crippen LogP contribution is -2.14. The van der Waals surface area contributed by atoms with Crippen molar-refractivity contribution in [1.29, 1.82) is 0 Å².